The lowest BCUT2D eigenvalue weighted by molar-refractivity contribution is 0.135. The van der Waals surface area contributed by atoms with Crippen molar-refractivity contribution >= 4 is 0 Å². The number of nitrogens with zero attached hydrogens (tertiary/aromatic N) is 1. The molecule has 0 aromatic rings. The molecule has 2 rings (SSSR count). The van der Waals surface area contributed by atoms with Crippen LogP contribution in [0.2, 0.25) is 0 Å². The summed E-state index contributed by atoms with van der Waals surface area (Å²) in [6, 6.07) is 1.57. The molecule has 0 amide bonds. The number of hydrogen-bond acceptors (Lipinski definition) is 3. The minimum absolute atomic E-state index is 0.681. The van der Waals surface area contributed by atoms with E-state index in [0.29, 0.717) is 6.04 Å². The Morgan fingerprint density at radius 3 is 2.94 bits per heavy atom. The molecule has 3 heteroatoms. The summed E-state index contributed by atoms with van der Waals surface area (Å²) in [6.45, 7) is 6.59. The molecule has 17 heavy (non-hydrogen) atoms. The van der Waals surface area contributed by atoms with E-state index < -0.39 is 0 Å². The molecule has 100 valence electrons. The van der Waals surface area contributed by atoms with Gasteiger partial charge >= 0.3 is 0 Å². The monoisotopic (exact) mass is 240 g/mol. The van der Waals surface area contributed by atoms with Crippen LogP contribution in [0.5, 0.6) is 0 Å². The highest BCUT2D eigenvalue weighted by molar-refractivity contribution is 4.92. The van der Waals surface area contributed by atoms with Crippen molar-refractivity contribution in [2.45, 2.75) is 51.1 Å². The summed E-state index contributed by atoms with van der Waals surface area (Å²) in [7, 11) is 1.76. The first-order valence-electron chi connectivity index (χ1n) is 7.28. The van der Waals surface area contributed by atoms with Crippen molar-refractivity contribution in [3.05, 3.63) is 0 Å². The molecule has 1 aliphatic heterocycles. The molecular formula is C14H28N2O. The van der Waals surface area contributed by atoms with Crippen LogP contribution in [0, 0.1) is 5.92 Å². The molecular weight excluding hydrogens is 212 g/mol. The van der Waals surface area contributed by atoms with Gasteiger partial charge in [-0.3, -0.25) is 4.90 Å². The van der Waals surface area contributed by atoms with Gasteiger partial charge in [0.1, 0.15) is 0 Å². The Morgan fingerprint density at radius 1 is 1.29 bits per heavy atom. The highest BCUT2D eigenvalue weighted by atomic mass is 16.5. The van der Waals surface area contributed by atoms with E-state index in [4.69, 9.17) is 4.74 Å². The summed E-state index contributed by atoms with van der Waals surface area (Å²) in [5.74, 6) is 1.00. The van der Waals surface area contributed by atoms with Crippen molar-refractivity contribution in [3.8, 4) is 0 Å². The fraction of sp³-hybridized carbons (Fsp3) is 1.00. The fourth-order valence-electron chi connectivity index (χ4n) is 3.59. The lowest BCUT2D eigenvalue weighted by Gasteiger charge is -2.35. The average molecular weight is 240 g/mol. The summed E-state index contributed by atoms with van der Waals surface area (Å²) in [5, 5.41) is 3.49. The van der Waals surface area contributed by atoms with Gasteiger partial charge in [0, 0.05) is 32.3 Å². The first-order chi connectivity index (χ1) is 8.33. The first kappa shape index (κ1) is 13.3. The van der Waals surface area contributed by atoms with Gasteiger partial charge in [0.15, 0.2) is 0 Å². The van der Waals surface area contributed by atoms with Gasteiger partial charge in [0.25, 0.3) is 0 Å². The molecule has 1 N–H and O–H groups in total. The van der Waals surface area contributed by atoms with E-state index in [1.54, 1.807) is 7.11 Å². The van der Waals surface area contributed by atoms with Gasteiger partial charge in [-0.2, -0.15) is 0 Å². The first-order valence-corrected chi connectivity index (χ1v) is 7.28. The fourth-order valence-corrected chi connectivity index (χ4v) is 3.59. The van der Waals surface area contributed by atoms with Crippen LogP contribution in [0.15, 0.2) is 0 Å². The van der Waals surface area contributed by atoms with Crippen LogP contribution in [0.3, 0.4) is 0 Å². The number of rotatable bonds is 6. The molecule has 0 bridgehead atoms. The number of methoxy groups -OCH3 is 1. The molecule has 2 fully saturated rings. The summed E-state index contributed by atoms with van der Waals surface area (Å²) < 4.78 is 5.06. The molecule has 1 saturated carbocycles. The summed E-state index contributed by atoms with van der Waals surface area (Å²) in [5.41, 5.74) is 0. The van der Waals surface area contributed by atoms with E-state index in [9.17, 15) is 0 Å². The average Bonchev–Trinajstić information content (AvgIpc) is 2.78. The molecule has 0 spiro atoms. The molecule has 3 nitrogen and oxygen atoms in total. The summed E-state index contributed by atoms with van der Waals surface area (Å²) >= 11 is 0. The maximum Gasteiger partial charge on any atom is 0.0587 e. The largest absolute Gasteiger partial charge is 0.383 e. The number of likely N-dealkylation sites (tertiary alicyclic amines) is 1. The Bertz CT molecular complexity index is 222. The third-order valence-corrected chi connectivity index (χ3v) is 4.54. The van der Waals surface area contributed by atoms with Crippen molar-refractivity contribution < 1.29 is 4.74 Å². The van der Waals surface area contributed by atoms with E-state index in [-0.39, 0.29) is 0 Å². The zero-order valence-corrected chi connectivity index (χ0v) is 11.5. The second-order valence-corrected chi connectivity index (χ2v) is 5.68. The van der Waals surface area contributed by atoms with Crippen molar-refractivity contribution in [1.82, 2.24) is 10.2 Å². The van der Waals surface area contributed by atoms with Crippen molar-refractivity contribution in [3.63, 3.8) is 0 Å². The normalized spacial score (nSPS) is 31.4. The van der Waals surface area contributed by atoms with E-state index in [2.05, 4.69) is 17.1 Å². The van der Waals surface area contributed by atoms with Crippen molar-refractivity contribution in [1.29, 1.82) is 0 Å². The van der Waals surface area contributed by atoms with Gasteiger partial charge in [-0.25, -0.2) is 0 Å². The van der Waals surface area contributed by atoms with Gasteiger partial charge in [-0.15, -0.1) is 0 Å². The third kappa shape index (κ3) is 3.43. The van der Waals surface area contributed by atoms with Gasteiger partial charge in [-0.1, -0.05) is 12.8 Å². The Balaban J connectivity index is 1.73. The van der Waals surface area contributed by atoms with Crippen LogP contribution in [-0.4, -0.2) is 50.3 Å². The Morgan fingerprint density at radius 2 is 2.12 bits per heavy atom. The zero-order chi connectivity index (χ0) is 12.1. The van der Waals surface area contributed by atoms with Crippen molar-refractivity contribution in [2.75, 3.05) is 33.4 Å². The lowest BCUT2D eigenvalue weighted by Crippen LogP contribution is -2.45. The smallest absolute Gasteiger partial charge is 0.0587 e. The minimum atomic E-state index is 0.681. The number of fused-ring (bicyclic) bond motifs is 1. The molecule has 1 heterocycles. The topological polar surface area (TPSA) is 24.5 Å². The molecule has 1 aliphatic carbocycles. The molecule has 0 aromatic carbocycles. The maximum atomic E-state index is 5.06. The summed E-state index contributed by atoms with van der Waals surface area (Å²) in [4.78, 5) is 2.75. The van der Waals surface area contributed by atoms with E-state index in [1.165, 1.54) is 38.6 Å². The zero-order valence-electron chi connectivity index (χ0n) is 11.5. The molecule has 3 atom stereocenters. The van der Waals surface area contributed by atoms with Crippen LogP contribution < -0.4 is 5.32 Å². The number of hydrogen-bond donors (Lipinski definition) is 1. The van der Waals surface area contributed by atoms with Crippen LogP contribution in [0.4, 0.5) is 0 Å². The van der Waals surface area contributed by atoms with Gasteiger partial charge in [0.05, 0.1) is 6.61 Å². The second kappa shape index (κ2) is 6.72. The highest BCUT2D eigenvalue weighted by Gasteiger charge is 2.37. The summed E-state index contributed by atoms with van der Waals surface area (Å²) in [6.07, 6.45) is 7.27. The number of ether oxygens (including phenoxy) is 1. The van der Waals surface area contributed by atoms with Gasteiger partial charge < -0.3 is 10.1 Å². The maximum absolute atomic E-state index is 5.06. The van der Waals surface area contributed by atoms with E-state index in [1.807, 2.05) is 0 Å². The van der Waals surface area contributed by atoms with Crippen LogP contribution in [-0.2, 0) is 4.74 Å². The lowest BCUT2D eigenvalue weighted by atomic mass is 9.85. The van der Waals surface area contributed by atoms with Crippen molar-refractivity contribution in [2.24, 2.45) is 5.92 Å². The highest BCUT2D eigenvalue weighted by Crippen LogP contribution is 2.36. The van der Waals surface area contributed by atoms with Crippen LogP contribution in [0.1, 0.15) is 39.0 Å². The van der Waals surface area contributed by atoms with E-state index >= 15 is 0 Å². The van der Waals surface area contributed by atoms with Gasteiger partial charge in [-0.05, 0) is 38.6 Å². The molecule has 0 aromatic heterocycles. The SMILES string of the molecule is COCCNCC(C)N1CCC2CCCCC21. The Hall–Kier alpha value is -0.120. The van der Waals surface area contributed by atoms with E-state index in [0.717, 1.165) is 31.7 Å². The Labute approximate surface area is 106 Å². The predicted octanol–water partition coefficient (Wildman–Crippen LogP) is 1.88. The predicted molar refractivity (Wildman–Crippen MR) is 71.3 cm³/mol. The van der Waals surface area contributed by atoms with Gasteiger partial charge in [0.2, 0.25) is 0 Å². The minimum Gasteiger partial charge on any atom is -0.383 e. The molecule has 0 radical (unpaired) electrons. The standard InChI is InChI=1S/C14H28N2O/c1-12(11-15-8-10-17-2)16-9-7-13-5-3-4-6-14(13)16/h12-15H,3-11H2,1-2H3. The molecule has 1 saturated heterocycles. The third-order valence-electron chi connectivity index (χ3n) is 4.54. The Kier molecular flexibility index (Phi) is 5.26. The quantitative estimate of drug-likeness (QED) is 0.717. The second-order valence-electron chi connectivity index (χ2n) is 5.68. The van der Waals surface area contributed by atoms with Crippen LogP contribution in [0.25, 0.3) is 0 Å². The number of nitrogens with one attached hydrogen (secondary N) is 1. The molecule has 2 aliphatic rings. The van der Waals surface area contributed by atoms with Crippen LogP contribution >= 0.6 is 0 Å². The molecule has 3 unspecified atom stereocenters.